The largest absolute Gasteiger partial charge is 0.478 e. The molecule has 2 aromatic rings. The first-order valence-corrected chi connectivity index (χ1v) is 5.14. The summed E-state index contributed by atoms with van der Waals surface area (Å²) >= 11 is 0. The molecule has 0 aliphatic rings. The third-order valence-corrected chi connectivity index (χ3v) is 2.47. The predicted octanol–water partition coefficient (Wildman–Crippen LogP) is 2.17. The van der Waals surface area contributed by atoms with Gasteiger partial charge >= 0.3 is 12.1 Å². The number of allylic oxidation sites excluding steroid dienone is 1. The van der Waals surface area contributed by atoms with Gasteiger partial charge in [0.2, 0.25) is 0 Å². The molecule has 0 saturated heterocycles. The van der Waals surface area contributed by atoms with Crippen LogP contribution in [-0.4, -0.2) is 25.7 Å². The maximum absolute atomic E-state index is 12.9. The third-order valence-electron chi connectivity index (χ3n) is 2.47. The minimum Gasteiger partial charge on any atom is -0.478 e. The van der Waals surface area contributed by atoms with Crippen LogP contribution in [0.3, 0.4) is 0 Å². The molecule has 0 amide bonds. The molecule has 0 aliphatic carbocycles. The number of fused-ring (bicyclic) bond motifs is 1. The van der Waals surface area contributed by atoms with E-state index in [0.29, 0.717) is 10.5 Å². The second-order valence-corrected chi connectivity index (χ2v) is 3.70. The lowest BCUT2D eigenvalue weighted by molar-refractivity contribution is -0.142. The van der Waals surface area contributed by atoms with Crippen LogP contribution < -0.4 is 0 Å². The van der Waals surface area contributed by atoms with E-state index in [4.69, 9.17) is 5.11 Å². The number of carboxylic acids is 1. The average Bonchev–Trinajstić information content (AvgIpc) is 2.71. The van der Waals surface area contributed by atoms with E-state index in [1.807, 2.05) is 0 Å². The molecule has 100 valence electrons. The standard InChI is InChI=1S/C11H8F3N3O2/c1-2-3-8-15-16-9-6(10(18)19)4-5-7(17(8)9)11(12,13)14/h2,4-5H,1,3H2,(H,18,19). The number of aromatic carboxylic acids is 1. The summed E-state index contributed by atoms with van der Waals surface area (Å²) in [5.74, 6) is -1.38. The van der Waals surface area contributed by atoms with E-state index in [1.165, 1.54) is 6.08 Å². The van der Waals surface area contributed by atoms with Crippen LogP contribution in [-0.2, 0) is 12.6 Å². The Bertz CT molecular complexity index is 661. The minimum absolute atomic E-state index is 0.0135. The Morgan fingerprint density at radius 1 is 1.42 bits per heavy atom. The molecule has 0 bridgehead atoms. The van der Waals surface area contributed by atoms with Crippen molar-refractivity contribution in [2.45, 2.75) is 12.6 Å². The van der Waals surface area contributed by atoms with Crippen LogP contribution in [0, 0.1) is 0 Å². The Balaban J connectivity index is 2.84. The van der Waals surface area contributed by atoms with Crippen LogP contribution in [0.4, 0.5) is 13.2 Å². The Labute approximate surface area is 105 Å². The van der Waals surface area contributed by atoms with Crippen molar-refractivity contribution in [3.8, 4) is 0 Å². The molecule has 0 radical (unpaired) electrons. The lowest BCUT2D eigenvalue weighted by Crippen LogP contribution is -2.15. The second kappa shape index (κ2) is 4.38. The van der Waals surface area contributed by atoms with Crippen molar-refractivity contribution in [3.63, 3.8) is 0 Å². The number of nitrogens with zero attached hydrogens (tertiary/aromatic N) is 3. The average molecular weight is 271 g/mol. The molecule has 0 unspecified atom stereocenters. The Kier molecular flexibility index (Phi) is 3.01. The van der Waals surface area contributed by atoms with Crippen molar-refractivity contribution in [2.24, 2.45) is 0 Å². The van der Waals surface area contributed by atoms with Crippen molar-refractivity contribution < 1.29 is 23.1 Å². The highest BCUT2D eigenvalue weighted by Crippen LogP contribution is 2.31. The van der Waals surface area contributed by atoms with E-state index in [-0.39, 0.29) is 23.5 Å². The first kappa shape index (κ1) is 13.1. The number of aromatic nitrogens is 3. The van der Waals surface area contributed by atoms with Gasteiger partial charge in [-0.2, -0.15) is 13.2 Å². The van der Waals surface area contributed by atoms with Crippen molar-refractivity contribution in [1.29, 1.82) is 0 Å². The SMILES string of the molecule is C=CCc1nnc2c(C(=O)O)ccc(C(F)(F)F)n12. The van der Waals surface area contributed by atoms with Gasteiger partial charge < -0.3 is 5.11 Å². The zero-order valence-corrected chi connectivity index (χ0v) is 9.48. The molecule has 19 heavy (non-hydrogen) atoms. The highest BCUT2D eigenvalue weighted by Gasteiger charge is 2.35. The predicted molar refractivity (Wildman–Crippen MR) is 58.8 cm³/mol. The molecule has 2 heterocycles. The molecular weight excluding hydrogens is 263 g/mol. The Morgan fingerprint density at radius 3 is 2.63 bits per heavy atom. The number of pyridine rings is 1. The molecule has 1 N–H and O–H groups in total. The van der Waals surface area contributed by atoms with Gasteiger partial charge in [0.1, 0.15) is 17.1 Å². The van der Waals surface area contributed by atoms with Gasteiger partial charge in [-0.1, -0.05) is 6.08 Å². The molecule has 2 rings (SSSR count). The summed E-state index contributed by atoms with van der Waals surface area (Å²) in [4.78, 5) is 11.0. The van der Waals surface area contributed by atoms with Gasteiger partial charge in [0, 0.05) is 6.42 Å². The first-order chi connectivity index (χ1) is 8.86. The fraction of sp³-hybridized carbons (Fsp3) is 0.182. The molecule has 8 heteroatoms. The van der Waals surface area contributed by atoms with Gasteiger partial charge in [-0.25, -0.2) is 4.79 Å². The lowest BCUT2D eigenvalue weighted by Gasteiger charge is -2.11. The van der Waals surface area contributed by atoms with Crippen LogP contribution in [0.5, 0.6) is 0 Å². The lowest BCUT2D eigenvalue weighted by atomic mass is 10.2. The van der Waals surface area contributed by atoms with Gasteiger partial charge in [-0.05, 0) is 12.1 Å². The van der Waals surface area contributed by atoms with Gasteiger partial charge in [0.25, 0.3) is 0 Å². The number of carbonyl (C=O) groups is 1. The second-order valence-electron chi connectivity index (χ2n) is 3.70. The number of halogens is 3. The fourth-order valence-corrected chi connectivity index (χ4v) is 1.70. The summed E-state index contributed by atoms with van der Waals surface area (Å²) < 4.78 is 39.4. The summed E-state index contributed by atoms with van der Waals surface area (Å²) in [6.07, 6.45) is -3.22. The number of hydrogen-bond acceptors (Lipinski definition) is 3. The van der Waals surface area contributed by atoms with Crippen molar-refractivity contribution in [1.82, 2.24) is 14.6 Å². The van der Waals surface area contributed by atoms with Gasteiger partial charge in [-0.15, -0.1) is 16.8 Å². The van der Waals surface area contributed by atoms with E-state index >= 15 is 0 Å². The number of hydrogen-bond donors (Lipinski definition) is 1. The molecule has 5 nitrogen and oxygen atoms in total. The normalized spacial score (nSPS) is 11.7. The summed E-state index contributed by atoms with van der Waals surface area (Å²) in [6.45, 7) is 3.41. The Hall–Kier alpha value is -2.38. The van der Waals surface area contributed by atoms with Crippen LogP contribution in [0.15, 0.2) is 24.8 Å². The quantitative estimate of drug-likeness (QED) is 0.869. The summed E-state index contributed by atoms with van der Waals surface area (Å²) in [6, 6.07) is 1.57. The molecule has 0 fully saturated rings. The molecular formula is C11H8F3N3O2. The van der Waals surface area contributed by atoms with Crippen LogP contribution in [0.25, 0.3) is 5.65 Å². The van der Waals surface area contributed by atoms with E-state index in [2.05, 4.69) is 16.8 Å². The zero-order chi connectivity index (χ0) is 14.2. The topological polar surface area (TPSA) is 67.5 Å². The highest BCUT2D eigenvalue weighted by molar-refractivity contribution is 5.94. The highest BCUT2D eigenvalue weighted by atomic mass is 19.4. The number of carboxylic acid groups (broad SMARTS) is 1. The van der Waals surface area contributed by atoms with E-state index in [1.54, 1.807) is 0 Å². The van der Waals surface area contributed by atoms with E-state index in [0.717, 1.165) is 6.07 Å². The van der Waals surface area contributed by atoms with Crippen LogP contribution in [0.1, 0.15) is 21.9 Å². The molecule has 0 aliphatic heterocycles. The van der Waals surface area contributed by atoms with E-state index < -0.39 is 17.8 Å². The number of rotatable bonds is 3. The Morgan fingerprint density at radius 2 is 2.11 bits per heavy atom. The van der Waals surface area contributed by atoms with Crippen LogP contribution in [0.2, 0.25) is 0 Å². The smallest absolute Gasteiger partial charge is 0.431 e. The van der Waals surface area contributed by atoms with Crippen molar-refractivity contribution in [3.05, 3.63) is 41.9 Å². The molecule has 0 spiro atoms. The van der Waals surface area contributed by atoms with Crippen LogP contribution >= 0.6 is 0 Å². The first-order valence-electron chi connectivity index (χ1n) is 5.14. The zero-order valence-electron chi connectivity index (χ0n) is 9.48. The summed E-state index contributed by atoms with van der Waals surface area (Å²) in [5.41, 5.74) is -1.69. The maximum atomic E-state index is 12.9. The monoisotopic (exact) mass is 271 g/mol. The van der Waals surface area contributed by atoms with Gasteiger partial charge in [0.15, 0.2) is 5.65 Å². The van der Waals surface area contributed by atoms with Crippen molar-refractivity contribution in [2.75, 3.05) is 0 Å². The van der Waals surface area contributed by atoms with Crippen molar-refractivity contribution >= 4 is 11.6 Å². The summed E-state index contributed by atoms with van der Waals surface area (Å²) in [7, 11) is 0. The van der Waals surface area contributed by atoms with Gasteiger partial charge in [-0.3, -0.25) is 4.40 Å². The minimum atomic E-state index is -4.63. The molecule has 0 aromatic carbocycles. The fourth-order valence-electron chi connectivity index (χ4n) is 1.70. The maximum Gasteiger partial charge on any atom is 0.431 e. The van der Waals surface area contributed by atoms with E-state index in [9.17, 15) is 18.0 Å². The third kappa shape index (κ3) is 2.16. The number of alkyl halides is 3. The summed E-state index contributed by atoms with van der Waals surface area (Å²) in [5, 5.41) is 16.0. The molecule has 0 atom stereocenters. The van der Waals surface area contributed by atoms with Gasteiger partial charge in [0.05, 0.1) is 0 Å². The molecule has 0 saturated carbocycles. The molecule has 2 aromatic heterocycles.